The molecule has 1 aromatic carbocycles. The third kappa shape index (κ3) is 2.29. The molecular weight excluding hydrogens is 251 g/mol. The molecule has 1 aromatic rings. The number of Topliss-reactive ketones (excluding diaryl/α,β-unsaturated/α-hetero) is 1. The zero-order valence-electron chi connectivity index (χ0n) is 10.6. The second-order valence-electron chi connectivity index (χ2n) is 5.46. The molecule has 0 aromatic heterocycles. The average molecular weight is 266 g/mol. The van der Waals surface area contributed by atoms with Crippen molar-refractivity contribution in [3.63, 3.8) is 0 Å². The van der Waals surface area contributed by atoms with Crippen molar-refractivity contribution in [3.05, 3.63) is 35.6 Å². The minimum absolute atomic E-state index is 0.0942. The molecule has 0 unspecified atom stereocenters. The molecule has 4 nitrogen and oxygen atoms in total. The van der Waals surface area contributed by atoms with Crippen LogP contribution in [-0.4, -0.2) is 31.6 Å². The van der Waals surface area contributed by atoms with Crippen LogP contribution in [0.2, 0.25) is 0 Å². The fourth-order valence-electron chi connectivity index (χ4n) is 2.20. The van der Waals surface area contributed by atoms with E-state index in [0.717, 1.165) is 0 Å². The summed E-state index contributed by atoms with van der Waals surface area (Å²) in [6.07, 6.45) is 0.0942. The first kappa shape index (κ1) is 12.7. The molecule has 2 bridgehead atoms. The van der Waals surface area contributed by atoms with Gasteiger partial charge in [-0.3, -0.25) is 4.79 Å². The first-order valence-corrected chi connectivity index (χ1v) is 6.21. The molecule has 3 aliphatic heterocycles. The van der Waals surface area contributed by atoms with Gasteiger partial charge in [-0.05, 0) is 17.7 Å². The lowest BCUT2D eigenvalue weighted by Gasteiger charge is -2.49. The van der Waals surface area contributed by atoms with Crippen molar-refractivity contribution in [2.45, 2.75) is 19.3 Å². The maximum Gasteiger partial charge on any atom is 0.347 e. The standard InChI is InChI=1S/C14H15FO4/c1-13-7-17-14(18-8-13,19-9-13)12(16)6-10-2-4-11(15)5-3-10/h2-5H,6-9H2,1H3. The number of benzene rings is 1. The van der Waals surface area contributed by atoms with Crippen molar-refractivity contribution < 1.29 is 23.4 Å². The van der Waals surface area contributed by atoms with E-state index in [2.05, 4.69) is 0 Å². The first-order valence-electron chi connectivity index (χ1n) is 6.21. The molecule has 0 aliphatic carbocycles. The monoisotopic (exact) mass is 266 g/mol. The second kappa shape index (κ2) is 4.37. The van der Waals surface area contributed by atoms with Crippen molar-refractivity contribution in [2.75, 3.05) is 19.8 Å². The minimum atomic E-state index is -1.56. The third-order valence-electron chi connectivity index (χ3n) is 3.45. The van der Waals surface area contributed by atoms with E-state index in [1.165, 1.54) is 12.1 Å². The van der Waals surface area contributed by atoms with Gasteiger partial charge in [0.2, 0.25) is 5.78 Å². The summed E-state index contributed by atoms with van der Waals surface area (Å²) in [4.78, 5) is 12.3. The van der Waals surface area contributed by atoms with Crippen molar-refractivity contribution in [3.8, 4) is 0 Å². The van der Waals surface area contributed by atoms with E-state index < -0.39 is 5.97 Å². The molecule has 102 valence electrons. The molecular formula is C14H15FO4. The molecule has 3 aliphatic rings. The highest BCUT2D eigenvalue weighted by Crippen LogP contribution is 2.38. The molecule has 19 heavy (non-hydrogen) atoms. The zero-order chi connectivity index (χ0) is 13.5. The van der Waals surface area contributed by atoms with Gasteiger partial charge in [-0.25, -0.2) is 4.39 Å². The van der Waals surface area contributed by atoms with Crippen LogP contribution in [0.4, 0.5) is 4.39 Å². The molecule has 3 saturated heterocycles. The summed E-state index contributed by atoms with van der Waals surface area (Å²) in [5, 5.41) is 0. The number of hydrogen-bond donors (Lipinski definition) is 0. The van der Waals surface area contributed by atoms with Crippen molar-refractivity contribution in [2.24, 2.45) is 5.41 Å². The molecule has 4 rings (SSSR count). The molecule has 0 atom stereocenters. The van der Waals surface area contributed by atoms with E-state index in [1.807, 2.05) is 6.92 Å². The molecule has 0 amide bonds. The van der Waals surface area contributed by atoms with Gasteiger partial charge in [0.15, 0.2) is 0 Å². The predicted octanol–water partition coefficient (Wildman–Crippen LogP) is 1.67. The second-order valence-corrected chi connectivity index (χ2v) is 5.46. The van der Waals surface area contributed by atoms with Gasteiger partial charge in [-0.1, -0.05) is 19.1 Å². The largest absolute Gasteiger partial charge is 0.347 e. The van der Waals surface area contributed by atoms with Crippen LogP contribution in [0.25, 0.3) is 0 Å². The number of rotatable bonds is 3. The molecule has 0 spiro atoms. The van der Waals surface area contributed by atoms with Gasteiger partial charge in [0.05, 0.1) is 19.8 Å². The van der Waals surface area contributed by atoms with Crippen molar-refractivity contribution in [1.29, 1.82) is 0 Å². The van der Waals surface area contributed by atoms with Gasteiger partial charge in [-0.15, -0.1) is 0 Å². The quantitative estimate of drug-likeness (QED) is 0.835. The Bertz CT molecular complexity index is 472. The maximum absolute atomic E-state index is 12.8. The van der Waals surface area contributed by atoms with Gasteiger partial charge >= 0.3 is 5.97 Å². The number of ketones is 1. The predicted molar refractivity (Wildman–Crippen MR) is 63.8 cm³/mol. The molecule has 0 N–H and O–H groups in total. The summed E-state index contributed by atoms with van der Waals surface area (Å²) >= 11 is 0. The average Bonchev–Trinajstić information content (AvgIpc) is 2.42. The summed E-state index contributed by atoms with van der Waals surface area (Å²) in [7, 11) is 0. The lowest BCUT2D eigenvalue weighted by molar-refractivity contribution is -0.439. The first-order chi connectivity index (χ1) is 9.01. The Morgan fingerprint density at radius 2 is 1.68 bits per heavy atom. The normalized spacial score (nSPS) is 33.4. The molecule has 0 radical (unpaired) electrons. The third-order valence-corrected chi connectivity index (χ3v) is 3.45. The zero-order valence-corrected chi connectivity index (χ0v) is 10.6. The fraction of sp³-hybridized carbons (Fsp3) is 0.500. The molecule has 5 heteroatoms. The Kier molecular flexibility index (Phi) is 2.92. The van der Waals surface area contributed by atoms with Gasteiger partial charge in [-0.2, -0.15) is 0 Å². The maximum atomic E-state index is 12.8. The molecule has 0 saturated carbocycles. The number of hydrogen-bond acceptors (Lipinski definition) is 4. The lowest BCUT2D eigenvalue weighted by atomic mass is 9.91. The number of halogens is 1. The van der Waals surface area contributed by atoms with E-state index >= 15 is 0 Å². The number of ether oxygens (including phenoxy) is 3. The smallest absolute Gasteiger partial charge is 0.320 e. The highest BCUT2D eigenvalue weighted by Gasteiger charge is 2.54. The Labute approximate surface area is 110 Å². The van der Waals surface area contributed by atoms with Gasteiger partial charge in [0.1, 0.15) is 5.82 Å². The Balaban J connectivity index is 1.72. The summed E-state index contributed by atoms with van der Waals surface area (Å²) in [5.74, 6) is -2.18. The van der Waals surface area contributed by atoms with Gasteiger partial charge < -0.3 is 14.2 Å². The Morgan fingerprint density at radius 1 is 1.16 bits per heavy atom. The Hall–Kier alpha value is -1.30. The van der Waals surface area contributed by atoms with Crippen LogP contribution >= 0.6 is 0 Å². The highest BCUT2D eigenvalue weighted by molar-refractivity contribution is 5.86. The van der Waals surface area contributed by atoms with E-state index in [-0.39, 0.29) is 23.4 Å². The van der Waals surface area contributed by atoms with Crippen molar-refractivity contribution >= 4 is 5.78 Å². The van der Waals surface area contributed by atoms with E-state index in [9.17, 15) is 9.18 Å². The van der Waals surface area contributed by atoms with Crippen molar-refractivity contribution in [1.82, 2.24) is 0 Å². The van der Waals surface area contributed by atoms with E-state index in [1.54, 1.807) is 12.1 Å². The van der Waals surface area contributed by atoms with Crippen LogP contribution in [0, 0.1) is 11.2 Å². The van der Waals surface area contributed by atoms with Crippen LogP contribution in [0.15, 0.2) is 24.3 Å². The van der Waals surface area contributed by atoms with Crippen LogP contribution in [0.1, 0.15) is 12.5 Å². The number of carbonyl (C=O) groups excluding carboxylic acids is 1. The Morgan fingerprint density at radius 3 is 2.21 bits per heavy atom. The van der Waals surface area contributed by atoms with Crippen LogP contribution in [-0.2, 0) is 25.4 Å². The van der Waals surface area contributed by atoms with Crippen LogP contribution in [0.3, 0.4) is 0 Å². The number of carbonyl (C=O) groups is 1. The van der Waals surface area contributed by atoms with Gasteiger partial charge in [0, 0.05) is 11.8 Å². The summed E-state index contributed by atoms with van der Waals surface area (Å²) in [5.41, 5.74) is 0.535. The molecule has 3 heterocycles. The van der Waals surface area contributed by atoms with Crippen LogP contribution < -0.4 is 0 Å². The summed E-state index contributed by atoms with van der Waals surface area (Å²) in [6.45, 7) is 3.33. The SMILES string of the molecule is CC12COC(C(=O)Cc3ccc(F)cc3)(OC1)OC2. The van der Waals surface area contributed by atoms with Gasteiger partial charge in [0.25, 0.3) is 0 Å². The molecule has 3 fully saturated rings. The van der Waals surface area contributed by atoms with E-state index in [0.29, 0.717) is 25.4 Å². The minimum Gasteiger partial charge on any atom is -0.320 e. The van der Waals surface area contributed by atoms with E-state index in [4.69, 9.17) is 14.2 Å². The summed E-state index contributed by atoms with van der Waals surface area (Å²) in [6, 6.07) is 5.78. The van der Waals surface area contributed by atoms with Crippen LogP contribution in [0.5, 0.6) is 0 Å². The number of fused-ring (bicyclic) bond motifs is 3. The summed E-state index contributed by atoms with van der Waals surface area (Å²) < 4.78 is 29.2. The topological polar surface area (TPSA) is 44.8 Å². The highest BCUT2D eigenvalue weighted by atomic mass is 19.1. The fourth-order valence-corrected chi connectivity index (χ4v) is 2.20. The lowest BCUT2D eigenvalue weighted by Crippen LogP contribution is -2.62.